The Bertz CT molecular complexity index is 8460. The van der Waals surface area contributed by atoms with Gasteiger partial charge in [0.15, 0.2) is 0 Å². The van der Waals surface area contributed by atoms with Gasteiger partial charge in [0, 0.05) is 138 Å². The van der Waals surface area contributed by atoms with Crippen molar-refractivity contribution in [1.82, 2.24) is 15.0 Å². The molecule has 15 aromatic carbocycles. The number of nitrogens with two attached hydrogens (primary N) is 2. The summed E-state index contributed by atoms with van der Waals surface area (Å²) >= 11 is 32.4. The molecule has 27 heteroatoms. The first-order chi connectivity index (χ1) is 62.6. The summed E-state index contributed by atoms with van der Waals surface area (Å²) in [4.78, 5) is 47.8. The Labute approximate surface area is 788 Å². The van der Waals surface area contributed by atoms with E-state index in [1.165, 1.54) is 101 Å². The quantitative estimate of drug-likeness (QED) is 0.0475. The fourth-order valence-corrected chi connectivity index (χ4v) is 22.5. The number of hydrogen-bond acceptors (Lipinski definition) is 15. The molecule has 23 aromatic rings. The first kappa shape index (κ1) is 88.6. The lowest BCUT2D eigenvalue weighted by Crippen LogP contribution is -2.41. The van der Waals surface area contributed by atoms with E-state index in [0.29, 0.717) is 21.7 Å². The summed E-state index contributed by atoms with van der Waals surface area (Å²) in [5.41, 5.74) is 17.0. The smallest absolute Gasteiger partial charge is 0.423 e. The third-order valence-electron chi connectivity index (χ3n) is 22.8. The predicted molar refractivity (Wildman–Crippen MR) is 557 cm³/mol. The molecule has 8 aromatic heterocycles. The van der Waals surface area contributed by atoms with E-state index < -0.39 is 49.6 Å². The number of carbonyl (C=O) groups excluding carboxylic acids is 2. The molecule has 0 spiro atoms. The van der Waals surface area contributed by atoms with Crippen molar-refractivity contribution in [1.29, 1.82) is 0 Å². The van der Waals surface area contributed by atoms with E-state index in [4.69, 9.17) is 53.8 Å². The van der Waals surface area contributed by atoms with Crippen LogP contribution in [0.1, 0.15) is 49.8 Å². The third-order valence-corrected chi connectivity index (χ3v) is 29.5. The Morgan fingerprint density at radius 3 is 1.27 bits per heavy atom. The van der Waals surface area contributed by atoms with E-state index in [0.717, 1.165) is 86.2 Å². The normalized spacial score (nSPS) is 12.9. The molecule has 1 aliphatic rings. The fraction of sp³-hybridized carbons (Fsp3) is 0.0686. The molecule has 0 aliphatic carbocycles. The predicted octanol–water partition coefficient (Wildman–Crippen LogP) is 29.0. The molecule has 1 fully saturated rings. The van der Waals surface area contributed by atoms with E-state index in [9.17, 15) is 23.3 Å². The third kappa shape index (κ3) is 18.2. The minimum absolute atomic E-state index is 0.0223. The minimum Gasteiger partial charge on any atom is -0.423 e. The van der Waals surface area contributed by atoms with E-state index >= 15 is 0 Å². The number of hydrogen-bond donors (Lipinski definition) is 5. The fourth-order valence-electron chi connectivity index (χ4n) is 16.3. The van der Waals surface area contributed by atoms with Gasteiger partial charge in [-0.05, 0) is 206 Å². The lowest BCUT2D eigenvalue weighted by molar-refractivity contribution is 0.00578. The molecular formula is C102H74B2BrCl4FN5O8PS5. The van der Waals surface area contributed by atoms with Crippen molar-refractivity contribution >= 4 is 326 Å². The number of nitrogens with one attached hydrogen (secondary N) is 1. The standard InChI is InChI=1S/C25H22BNO2S.C19H10ClNS.C19H11NOS.C19H13NOS.C12H9BO2S.C7H6BrNO.CH3F.Cl3OP/c1-24(2)25(3,4)29-26(28-24)23-17-10-6-5-9-15(17)16-13-14-20-21(22(16)27-23)18-11-7-8-12-19(18)30-20;20-19-13-6-2-1-5-11(13)12-9-10-16-17(18(12)21-19)14-7-3-4-8-15(14)22-16;21-19-13-6-2-1-5-11(13)12-9-10-16-17(18(12)20-19)14-7-3-4-8-15(14)22-16;20-19(21)15-7-2-1-5-13(15)12-9-10-18-16(11-12)14-6-3-4-8-17(14)22-18;14-13(15)8-5-6-12-10(7-8)9-3-1-2-4-11(9)16-12;8-6-4-2-1-3-5(6)7(9)10;1-2;1-5(2,3)4/h5-14H,1-4H3;1-10H;1-10H,(H,20,21);1-11H,(H2,20,21);1-7,14-15H;1-4H,(H2,9,10);1H3;/i;;;;;;1D;. The molecule has 13 nitrogen and oxygen atoms in total. The van der Waals surface area contributed by atoms with Crippen molar-refractivity contribution in [2.45, 2.75) is 38.9 Å². The number of fused-ring (bicyclic) bond motifs is 27. The highest BCUT2D eigenvalue weighted by Gasteiger charge is 2.53. The number of aromatic nitrogens is 3. The topological polar surface area (TPSA) is 221 Å². The van der Waals surface area contributed by atoms with Crippen LogP contribution >= 0.6 is 123 Å². The van der Waals surface area contributed by atoms with Gasteiger partial charge in [-0.2, -0.15) is 0 Å². The first-order valence-corrected chi connectivity index (χ1v) is 50.1. The largest absolute Gasteiger partial charge is 0.515 e. The molecule has 0 saturated carbocycles. The molecule has 24 rings (SSSR count). The van der Waals surface area contributed by atoms with E-state index in [2.05, 4.69) is 270 Å². The number of thiophene rings is 5. The van der Waals surface area contributed by atoms with Crippen LogP contribution < -0.4 is 28.1 Å². The molecular weight excluding hydrogens is 1880 g/mol. The number of aromatic amines is 1. The zero-order valence-electron chi connectivity index (χ0n) is 70.0. The second kappa shape index (κ2) is 37.8. The maximum atomic E-state index is 12.4. The number of H-pyrrole nitrogens is 1. The van der Waals surface area contributed by atoms with Crippen LogP contribution in [0.2, 0.25) is 5.15 Å². The van der Waals surface area contributed by atoms with Gasteiger partial charge in [-0.25, -0.2) is 4.98 Å². The Morgan fingerprint density at radius 2 is 0.783 bits per heavy atom. The number of primary amides is 2. The molecule has 2 amide bonds. The van der Waals surface area contributed by atoms with Gasteiger partial charge in [0.1, 0.15) is 5.15 Å². The van der Waals surface area contributed by atoms with Gasteiger partial charge in [-0.3, -0.25) is 28.3 Å². The highest BCUT2D eigenvalue weighted by molar-refractivity contribution is 9.10. The first-order valence-electron chi connectivity index (χ1n) is 41.1. The monoisotopic (exact) mass is 1950 g/mol. The van der Waals surface area contributed by atoms with E-state index in [-0.39, 0.29) is 5.56 Å². The highest BCUT2D eigenvalue weighted by Crippen LogP contribution is 2.61. The Hall–Kier alpha value is -11.1. The molecule has 0 unspecified atom stereocenters. The average Bonchev–Trinajstić information content (AvgIpc) is 1.69. The summed E-state index contributed by atoms with van der Waals surface area (Å²) in [6, 6.07) is 106. The average molecular weight is 1950 g/mol. The molecule has 9 heterocycles. The molecule has 0 bridgehead atoms. The van der Waals surface area contributed by atoms with Crippen molar-refractivity contribution in [2.75, 3.05) is 7.15 Å². The summed E-state index contributed by atoms with van der Waals surface area (Å²) in [5, 5.41) is 37.3. The maximum absolute atomic E-state index is 12.4. The summed E-state index contributed by atoms with van der Waals surface area (Å²) < 4.78 is 51.0. The van der Waals surface area contributed by atoms with Gasteiger partial charge in [-0.15, -0.1) is 56.7 Å². The van der Waals surface area contributed by atoms with Gasteiger partial charge < -0.3 is 35.8 Å². The number of benzene rings is 15. The van der Waals surface area contributed by atoms with Crippen molar-refractivity contribution in [3.8, 4) is 11.1 Å². The summed E-state index contributed by atoms with van der Waals surface area (Å²) in [5.74, 6) is -0.807. The van der Waals surface area contributed by atoms with Crippen molar-refractivity contribution in [3.63, 3.8) is 0 Å². The molecule has 1 saturated heterocycles. The van der Waals surface area contributed by atoms with Gasteiger partial charge in [0.05, 0.1) is 47.4 Å². The number of carbonyl (C=O) groups is 2. The summed E-state index contributed by atoms with van der Waals surface area (Å²) in [7, 11) is -2.90. The summed E-state index contributed by atoms with van der Waals surface area (Å²) in [6.07, 6.45) is 0. The lowest BCUT2D eigenvalue weighted by Gasteiger charge is -2.32. The number of nitrogens with zero attached hydrogens (tertiary/aromatic N) is 2. The zero-order chi connectivity index (χ0) is 91.0. The number of rotatable bonds is 5. The Kier molecular flexibility index (Phi) is 25.9. The molecule has 129 heavy (non-hydrogen) atoms. The van der Waals surface area contributed by atoms with Crippen LogP contribution in [0.5, 0.6) is 0 Å². The van der Waals surface area contributed by atoms with Gasteiger partial charge in [-0.1, -0.05) is 236 Å². The second-order valence-electron chi connectivity index (χ2n) is 31.1. The van der Waals surface area contributed by atoms with Crippen LogP contribution in [0.15, 0.2) is 325 Å². The number of halogens is 6. The molecule has 638 valence electrons. The maximum Gasteiger partial charge on any atom is 0.515 e. The lowest BCUT2D eigenvalue weighted by atomic mass is 9.80. The van der Waals surface area contributed by atoms with Gasteiger partial charge in [0.2, 0.25) is 11.8 Å². The van der Waals surface area contributed by atoms with Crippen molar-refractivity contribution in [3.05, 3.63) is 347 Å². The van der Waals surface area contributed by atoms with Crippen molar-refractivity contribution in [2.24, 2.45) is 11.5 Å². The highest BCUT2D eigenvalue weighted by atomic mass is 79.9. The van der Waals surface area contributed by atoms with Crippen LogP contribution in [0, 0.1) is 0 Å². The summed E-state index contributed by atoms with van der Waals surface area (Å²) in [6.45, 7) is 8.34. The Balaban J connectivity index is 0.000000110. The van der Waals surface area contributed by atoms with Crippen LogP contribution in [0.25, 0.3) is 177 Å². The number of pyridine rings is 3. The number of alkyl halides is 1. The Morgan fingerprint density at radius 1 is 0.434 bits per heavy atom. The molecule has 0 radical (unpaired) electrons. The second-order valence-corrected chi connectivity index (χ2v) is 44.4. The number of amides is 2. The molecule has 7 N–H and O–H groups in total. The van der Waals surface area contributed by atoms with Crippen molar-refractivity contribution < 1.29 is 39.3 Å². The van der Waals surface area contributed by atoms with Crippen LogP contribution in [0.4, 0.5) is 4.39 Å². The molecule has 0 atom stereocenters. The SMILES string of the molecule is CC1(C)OB(c2nc3c(ccc4sc5ccccc5c43)c3ccccc23)OC1(C)C.Clc1nc2c(ccc3sc4ccccc4c32)c2ccccc12.NC(=O)c1ccccc1-c1ccc2sc3ccccc3c2c1.NC(=O)c1ccccc1Br.O=P(Cl)(Cl)Cl.O=c1[nH]c2c(ccc3sc4ccccc4c32)c2ccccc12.OB(O)c1ccc2sc3ccccc3c2c1.[2H]CF. The van der Waals surface area contributed by atoms with E-state index in [1.54, 1.807) is 75.7 Å². The van der Waals surface area contributed by atoms with Crippen LogP contribution in [0.3, 0.4) is 0 Å². The van der Waals surface area contributed by atoms with Gasteiger partial charge in [0.25, 0.3) is 5.56 Å². The van der Waals surface area contributed by atoms with Crippen LogP contribution in [-0.2, 0) is 13.9 Å². The zero-order valence-corrected chi connectivity index (χ0v) is 78.6. The molecule has 1 aliphatic heterocycles. The minimum atomic E-state index is -3.22. The van der Waals surface area contributed by atoms with E-state index in [1.807, 2.05) is 108 Å². The van der Waals surface area contributed by atoms with Crippen LogP contribution in [-0.4, -0.2) is 69.4 Å². The van der Waals surface area contributed by atoms with Gasteiger partial charge >= 0.3 is 19.4 Å².